The highest BCUT2D eigenvalue weighted by molar-refractivity contribution is 7.99. The van der Waals surface area contributed by atoms with E-state index in [4.69, 9.17) is 5.73 Å². The molecule has 19 heavy (non-hydrogen) atoms. The molecular formula is C16H20N2S. The van der Waals surface area contributed by atoms with Gasteiger partial charge in [-0.05, 0) is 42.2 Å². The fourth-order valence-corrected chi connectivity index (χ4v) is 2.58. The summed E-state index contributed by atoms with van der Waals surface area (Å²) in [5.41, 5.74) is 8.95. The molecule has 0 amide bonds. The van der Waals surface area contributed by atoms with Crippen LogP contribution in [-0.2, 0) is 5.41 Å². The van der Waals surface area contributed by atoms with Gasteiger partial charge in [-0.1, -0.05) is 44.7 Å². The van der Waals surface area contributed by atoms with Crippen molar-refractivity contribution in [2.45, 2.75) is 43.0 Å². The van der Waals surface area contributed by atoms with Crippen molar-refractivity contribution in [3.8, 4) is 0 Å². The number of aryl methyl sites for hydroxylation is 1. The summed E-state index contributed by atoms with van der Waals surface area (Å²) in [7, 11) is 0. The lowest BCUT2D eigenvalue weighted by atomic mass is 9.87. The summed E-state index contributed by atoms with van der Waals surface area (Å²) in [6.07, 6.45) is 0. The number of aromatic nitrogens is 1. The van der Waals surface area contributed by atoms with Crippen LogP contribution >= 0.6 is 11.8 Å². The third-order valence-electron chi connectivity index (χ3n) is 3.04. The van der Waals surface area contributed by atoms with E-state index in [1.165, 1.54) is 10.5 Å². The van der Waals surface area contributed by atoms with Gasteiger partial charge >= 0.3 is 0 Å². The Labute approximate surface area is 119 Å². The van der Waals surface area contributed by atoms with E-state index in [-0.39, 0.29) is 5.41 Å². The molecule has 0 saturated carbocycles. The van der Waals surface area contributed by atoms with E-state index >= 15 is 0 Å². The third-order valence-corrected chi connectivity index (χ3v) is 3.99. The van der Waals surface area contributed by atoms with Gasteiger partial charge in [0, 0.05) is 4.90 Å². The van der Waals surface area contributed by atoms with E-state index < -0.39 is 0 Å². The molecular weight excluding hydrogens is 252 g/mol. The first-order valence-corrected chi connectivity index (χ1v) is 7.19. The number of nitrogens with zero attached hydrogens (tertiary/aromatic N) is 1. The standard InChI is InChI=1S/C16H20N2S/c1-11-14(17)9-10-15(18-11)19-13-7-5-12(6-8-13)16(2,3)4/h5-10H,17H2,1-4H3. The summed E-state index contributed by atoms with van der Waals surface area (Å²) in [6.45, 7) is 8.60. The zero-order valence-corrected chi connectivity index (χ0v) is 12.7. The summed E-state index contributed by atoms with van der Waals surface area (Å²) in [6, 6.07) is 12.6. The molecule has 1 aromatic carbocycles. The maximum atomic E-state index is 5.78. The Balaban J connectivity index is 2.17. The SMILES string of the molecule is Cc1nc(Sc2ccc(C(C)(C)C)cc2)ccc1N. The van der Waals surface area contributed by atoms with E-state index in [1.807, 2.05) is 19.1 Å². The number of hydrogen-bond donors (Lipinski definition) is 1. The molecule has 0 radical (unpaired) electrons. The Morgan fingerprint density at radius 1 is 1.00 bits per heavy atom. The molecule has 1 heterocycles. The maximum Gasteiger partial charge on any atom is 0.101 e. The van der Waals surface area contributed by atoms with Gasteiger partial charge in [0.1, 0.15) is 5.03 Å². The Morgan fingerprint density at radius 3 is 2.16 bits per heavy atom. The van der Waals surface area contributed by atoms with Crippen molar-refractivity contribution >= 4 is 17.4 Å². The maximum absolute atomic E-state index is 5.78. The summed E-state index contributed by atoms with van der Waals surface area (Å²) >= 11 is 1.66. The number of hydrogen-bond acceptors (Lipinski definition) is 3. The van der Waals surface area contributed by atoms with Gasteiger partial charge < -0.3 is 5.73 Å². The smallest absolute Gasteiger partial charge is 0.101 e. The summed E-state index contributed by atoms with van der Waals surface area (Å²) in [4.78, 5) is 5.68. The van der Waals surface area contributed by atoms with Gasteiger partial charge in [0.25, 0.3) is 0 Å². The quantitative estimate of drug-likeness (QED) is 0.879. The van der Waals surface area contributed by atoms with Crippen LogP contribution < -0.4 is 5.73 Å². The van der Waals surface area contributed by atoms with Gasteiger partial charge in [0.2, 0.25) is 0 Å². The molecule has 0 atom stereocenters. The van der Waals surface area contributed by atoms with Gasteiger partial charge in [0.15, 0.2) is 0 Å². The first-order valence-electron chi connectivity index (χ1n) is 6.38. The normalized spacial score (nSPS) is 11.6. The molecule has 0 aliphatic heterocycles. The number of nitrogens with two attached hydrogens (primary N) is 1. The van der Waals surface area contributed by atoms with Gasteiger partial charge in [-0.3, -0.25) is 0 Å². The van der Waals surface area contributed by atoms with Gasteiger partial charge in [0.05, 0.1) is 11.4 Å². The Hall–Kier alpha value is -1.48. The van der Waals surface area contributed by atoms with Crippen molar-refractivity contribution in [2.75, 3.05) is 5.73 Å². The van der Waals surface area contributed by atoms with Crippen molar-refractivity contribution in [1.29, 1.82) is 0 Å². The molecule has 2 aromatic rings. The van der Waals surface area contributed by atoms with E-state index in [0.29, 0.717) is 0 Å². The van der Waals surface area contributed by atoms with Crippen molar-refractivity contribution < 1.29 is 0 Å². The lowest BCUT2D eigenvalue weighted by Gasteiger charge is -2.19. The van der Waals surface area contributed by atoms with Crippen LogP contribution in [0.3, 0.4) is 0 Å². The third kappa shape index (κ3) is 3.51. The Bertz CT molecular complexity index is 568. The highest BCUT2D eigenvalue weighted by Crippen LogP contribution is 2.30. The monoisotopic (exact) mass is 272 g/mol. The number of benzene rings is 1. The lowest BCUT2D eigenvalue weighted by molar-refractivity contribution is 0.590. The first-order chi connectivity index (χ1) is 8.86. The molecule has 2 N–H and O–H groups in total. The number of anilines is 1. The molecule has 3 heteroatoms. The fraction of sp³-hybridized carbons (Fsp3) is 0.312. The van der Waals surface area contributed by atoms with Crippen molar-refractivity contribution in [1.82, 2.24) is 4.98 Å². The Morgan fingerprint density at radius 2 is 1.63 bits per heavy atom. The predicted octanol–water partition coefficient (Wildman–Crippen LogP) is 4.42. The predicted molar refractivity (Wildman–Crippen MR) is 82.7 cm³/mol. The van der Waals surface area contributed by atoms with Crippen molar-refractivity contribution in [3.05, 3.63) is 47.7 Å². The lowest BCUT2D eigenvalue weighted by Crippen LogP contribution is -2.10. The molecule has 0 unspecified atom stereocenters. The second-order valence-corrected chi connectivity index (χ2v) is 6.79. The molecule has 0 saturated heterocycles. The van der Waals surface area contributed by atoms with Crippen LogP contribution in [0.25, 0.3) is 0 Å². The highest BCUT2D eigenvalue weighted by atomic mass is 32.2. The van der Waals surface area contributed by atoms with Gasteiger partial charge in [-0.15, -0.1) is 0 Å². The van der Waals surface area contributed by atoms with E-state index in [9.17, 15) is 0 Å². The second kappa shape index (κ2) is 5.25. The minimum Gasteiger partial charge on any atom is -0.397 e. The van der Waals surface area contributed by atoms with Crippen LogP contribution in [0.5, 0.6) is 0 Å². The van der Waals surface area contributed by atoms with E-state index in [0.717, 1.165) is 16.4 Å². The molecule has 100 valence electrons. The molecule has 0 bridgehead atoms. The van der Waals surface area contributed by atoms with Gasteiger partial charge in [-0.25, -0.2) is 4.98 Å². The first kappa shape index (κ1) is 13.9. The number of pyridine rings is 1. The molecule has 0 aliphatic rings. The minimum atomic E-state index is 0.194. The van der Waals surface area contributed by atoms with Gasteiger partial charge in [-0.2, -0.15) is 0 Å². The molecule has 0 aliphatic carbocycles. The van der Waals surface area contributed by atoms with E-state index in [1.54, 1.807) is 11.8 Å². The average Bonchev–Trinajstić information content (AvgIpc) is 2.33. The van der Waals surface area contributed by atoms with Crippen LogP contribution in [-0.4, -0.2) is 4.98 Å². The zero-order chi connectivity index (χ0) is 14.0. The summed E-state index contributed by atoms with van der Waals surface area (Å²) < 4.78 is 0. The van der Waals surface area contributed by atoms with Crippen molar-refractivity contribution in [3.63, 3.8) is 0 Å². The Kier molecular flexibility index (Phi) is 3.85. The van der Waals surface area contributed by atoms with Crippen LogP contribution in [0.2, 0.25) is 0 Å². The van der Waals surface area contributed by atoms with Crippen LogP contribution in [0.15, 0.2) is 46.3 Å². The van der Waals surface area contributed by atoms with Crippen LogP contribution in [0.1, 0.15) is 32.0 Å². The largest absolute Gasteiger partial charge is 0.397 e. The molecule has 0 spiro atoms. The molecule has 2 rings (SSSR count). The van der Waals surface area contributed by atoms with Crippen LogP contribution in [0.4, 0.5) is 5.69 Å². The summed E-state index contributed by atoms with van der Waals surface area (Å²) in [5.74, 6) is 0. The molecule has 2 nitrogen and oxygen atoms in total. The highest BCUT2D eigenvalue weighted by Gasteiger charge is 2.13. The number of rotatable bonds is 2. The van der Waals surface area contributed by atoms with E-state index in [2.05, 4.69) is 50.0 Å². The second-order valence-electron chi connectivity index (χ2n) is 5.70. The fourth-order valence-electron chi connectivity index (χ4n) is 1.75. The average molecular weight is 272 g/mol. The zero-order valence-electron chi connectivity index (χ0n) is 11.9. The summed E-state index contributed by atoms with van der Waals surface area (Å²) in [5, 5.41) is 0.982. The molecule has 1 aromatic heterocycles. The van der Waals surface area contributed by atoms with Crippen LogP contribution in [0, 0.1) is 6.92 Å². The number of nitrogen functional groups attached to an aromatic ring is 1. The minimum absolute atomic E-state index is 0.194. The molecule has 0 fully saturated rings. The topological polar surface area (TPSA) is 38.9 Å². The van der Waals surface area contributed by atoms with Crippen molar-refractivity contribution in [2.24, 2.45) is 0 Å².